The van der Waals surface area contributed by atoms with Gasteiger partial charge in [0.25, 0.3) is 0 Å². The first kappa shape index (κ1) is 24.9. The topological polar surface area (TPSA) is 64.2 Å². The van der Waals surface area contributed by atoms with Crippen molar-refractivity contribution in [1.82, 2.24) is 0 Å². The van der Waals surface area contributed by atoms with Crippen molar-refractivity contribution in [3.05, 3.63) is 0 Å². The average Bonchev–Trinajstić information content (AvgIpc) is 3.07. The normalized spacial score (nSPS) is 49.1. The predicted octanol–water partition coefficient (Wildman–Crippen LogP) is 6.78. The van der Waals surface area contributed by atoms with Crippen LogP contribution in [0.15, 0.2) is 0 Å². The molecule has 182 valence electrons. The molecule has 4 fully saturated rings. The lowest BCUT2D eigenvalue weighted by molar-refractivity contribution is -0.216. The molecular weight excluding hydrogens is 414 g/mol. The quantitative estimate of drug-likeness (QED) is 0.428. The van der Waals surface area contributed by atoms with Gasteiger partial charge in [0, 0.05) is 17.1 Å². The van der Waals surface area contributed by atoms with Crippen molar-refractivity contribution < 1.29 is 10.2 Å². The molecular formula is C28H47NO2S. The summed E-state index contributed by atoms with van der Waals surface area (Å²) in [5, 5.41) is 34.3. The van der Waals surface area contributed by atoms with Gasteiger partial charge in [0.2, 0.25) is 0 Å². The summed E-state index contributed by atoms with van der Waals surface area (Å²) >= 11 is 1.29. The van der Waals surface area contributed by atoms with Crippen LogP contribution in [0.2, 0.25) is 0 Å². The van der Waals surface area contributed by atoms with Crippen molar-refractivity contribution in [2.24, 2.45) is 46.3 Å². The minimum atomic E-state index is -0.915. The first-order valence-electron chi connectivity index (χ1n) is 13.5. The van der Waals surface area contributed by atoms with Gasteiger partial charge in [-0.2, -0.15) is 5.26 Å². The van der Waals surface area contributed by atoms with E-state index in [1.165, 1.54) is 56.7 Å². The Balaban J connectivity index is 1.57. The van der Waals surface area contributed by atoms with Gasteiger partial charge in [-0.25, -0.2) is 0 Å². The van der Waals surface area contributed by atoms with E-state index in [1.807, 2.05) is 0 Å². The summed E-state index contributed by atoms with van der Waals surface area (Å²) in [5.41, 5.74) is -0.672. The number of thioether (sulfide) groups is 1. The second-order valence-corrected chi connectivity index (χ2v) is 14.1. The molecule has 0 unspecified atom stereocenters. The third kappa shape index (κ3) is 3.87. The maximum Gasteiger partial charge on any atom is 0.133 e. The fourth-order valence-corrected chi connectivity index (χ4v) is 10.5. The van der Waals surface area contributed by atoms with E-state index in [4.69, 9.17) is 0 Å². The number of hydrogen-bond acceptors (Lipinski definition) is 4. The molecule has 0 radical (unpaired) electrons. The Morgan fingerprint density at radius 3 is 2.47 bits per heavy atom. The molecule has 0 spiro atoms. The summed E-state index contributed by atoms with van der Waals surface area (Å²) in [6.07, 6.45) is 11.9. The first-order valence-corrected chi connectivity index (χ1v) is 14.4. The lowest BCUT2D eigenvalue weighted by Crippen LogP contribution is -2.67. The molecule has 4 saturated carbocycles. The molecule has 0 saturated heterocycles. The number of thiocyanates is 1. The molecule has 10 atom stereocenters. The third-order valence-corrected chi connectivity index (χ3v) is 12.2. The van der Waals surface area contributed by atoms with Gasteiger partial charge in [-0.05, 0) is 97.6 Å². The van der Waals surface area contributed by atoms with Crippen LogP contribution in [0.1, 0.15) is 105 Å². The smallest absolute Gasteiger partial charge is 0.133 e. The van der Waals surface area contributed by atoms with E-state index in [2.05, 4.69) is 40.0 Å². The van der Waals surface area contributed by atoms with E-state index in [1.54, 1.807) is 0 Å². The van der Waals surface area contributed by atoms with Gasteiger partial charge in [0.1, 0.15) is 5.40 Å². The van der Waals surface area contributed by atoms with E-state index in [0.717, 1.165) is 42.9 Å². The Kier molecular flexibility index (Phi) is 7.06. The highest BCUT2D eigenvalue weighted by atomic mass is 32.2. The Morgan fingerprint density at radius 1 is 1.03 bits per heavy atom. The number of aliphatic hydroxyl groups is 2. The lowest BCUT2D eigenvalue weighted by atomic mass is 9.43. The summed E-state index contributed by atoms with van der Waals surface area (Å²) in [5.74, 6) is 4.30. The van der Waals surface area contributed by atoms with E-state index < -0.39 is 11.7 Å². The Bertz CT molecular complexity index is 721. The van der Waals surface area contributed by atoms with E-state index in [0.29, 0.717) is 23.7 Å². The second kappa shape index (κ2) is 9.09. The van der Waals surface area contributed by atoms with Crippen LogP contribution in [0.5, 0.6) is 0 Å². The second-order valence-electron chi connectivity index (χ2n) is 13.1. The van der Waals surface area contributed by atoms with Crippen molar-refractivity contribution in [2.45, 2.75) is 122 Å². The Morgan fingerprint density at radius 2 is 1.78 bits per heavy atom. The summed E-state index contributed by atoms with van der Waals surface area (Å²) in [4.78, 5) is 0. The minimum Gasteiger partial charge on any atom is -0.393 e. The average molecular weight is 462 g/mol. The fraction of sp³-hybridized carbons (Fsp3) is 0.964. The third-order valence-electron chi connectivity index (χ3n) is 11.2. The van der Waals surface area contributed by atoms with Crippen molar-refractivity contribution in [3.8, 4) is 5.40 Å². The van der Waals surface area contributed by atoms with E-state index in [-0.39, 0.29) is 10.7 Å². The molecule has 4 aliphatic carbocycles. The number of nitriles is 1. The number of nitrogens with zero attached hydrogens (tertiary/aromatic N) is 1. The molecule has 0 aliphatic heterocycles. The zero-order valence-electron chi connectivity index (χ0n) is 21.1. The molecule has 4 rings (SSSR count). The van der Waals surface area contributed by atoms with E-state index in [9.17, 15) is 15.5 Å². The van der Waals surface area contributed by atoms with Crippen molar-refractivity contribution in [1.29, 1.82) is 5.26 Å². The summed E-state index contributed by atoms with van der Waals surface area (Å²) in [7, 11) is 0. The molecule has 0 heterocycles. The Hall–Kier alpha value is -0.240. The maximum atomic E-state index is 12.0. The molecule has 2 N–H and O–H groups in total. The summed E-state index contributed by atoms with van der Waals surface area (Å²) in [6.45, 7) is 12.1. The van der Waals surface area contributed by atoms with Gasteiger partial charge in [-0.1, -0.05) is 53.9 Å². The molecule has 3 nitrogen and oxygen atoms in total. The largest absolute Gasteiger partial charge is 0.393 e. The molecule has 4 aliphatic rings. The number of aliphatic hydroxyl groups excluding tert-OH is 1. The van der Waals surface area contributed by atoms with Gasteiger partial charge in [0.15, 0.2) is 0 Å². The van der Waals surface area contributed by atoms with Crippen LogP contribution >= 0.6 is 11.8 Å². The van der Waals surface area contributed by atoms with Gasteiger partial charge in [-0.3, -0.25) is 0 Å². The van der Waals surface area contributed by atoms with Gasteiger partial charge >= 0.3 is 0 Å². The first-order chi connectivity index (χ1) is 15.1. The standard InChI is InChI=1S/C28H47NO2S/c1-18(2)7-6-8-19(3)22-9-10-23-21-15-25(32-17-29)28(31)16-20(30)11-14-27(28,5)24(21)12-13-26(22,23)4/h18-25,30-31H,6-16H2,1-5H3/t19-,20+,21+,22-,23+,24+,25-,26-,27-,28+/m1/s1. The van der Waals surface area contributed by atoms with E-state index >= 15 is 0 Å². The maximum absolute atomic E-state index is 12.0. The summed E-state index contributed by atoms with van der Waals surface area (Å²) < 4.78 is 0. The summed E-state index contributed by atoms with van der Waals surface area (Å²) in [6, 6.07) is 0. The van der Waals surface area contributed by atoms with Crippen LogP contribution < -0.4 is 0 Å². The number of rotatable bonds is 6. The van der Waals surface area contributed by atoms with Crippen molar-refractivity contribution >= 4 is 11.8 Å². The number of hydrogen-bond donors (Lipinski definition) is 2. The molecule has 0 aromatic carbocycles. The lowest BCUT2D eigenvalue weighted by Gasteiger charge is -2.66. The van der Waals surface area contributed by atoms with Crippen LogP contribution in [0.4, 0.5) is 0 Å². The van der Waals surface area contributed by atoms with Crippen molar-refractivity contribution in [3.63, 3.8) is 0 Å². The Labute approximate surface area is 201 Å². The van der Waals surface area contributed by atoms with Crippen molar-refractivity contribution in [2.75, 3.05) is 0 Å². The molecule has 4 heteroatoms. The highest BCUT2D eigenvalue weighted by Crippen LogP contribution is 2.70. The molecule has 32 heavy (non-hydrogen) atoms. The number of fused-ring (bicyclic) bond motifs is 5. The fourth-order valence-electron chi connectivity index (χ4n) is 9.47. The SMILES string of the molecule is CC(C)CCC[C@@H](C)[C@H]1CC[C@H]2[C@@H]3C[C@@H](SC#N)[C@@]4(O)C[C@@H](O)CC[C@]4(C)[C@H]3CC[C@]12C. The van der Waals surface area contributed by atoms with Gasteiger partial charge < -0.3 is 10.2 Å². The van der Waals surface area contributed by atoms with Gasteiger partial charge in [-0.15, -0.1) is 0 Å². The zero-order chi connectivity index (χ0) is 23.3. The van der Waals surface area contributed by atoms with Crippen LogP contribution in [-0.4, -0.2) is 27.2 Å². The predicted molar refractivity (Wildman–Crippen MR) is 133 cm³/mol. The molecule has 0 aromatic rings. The van der Waals surface area contributed by atoms with Gasteiger partial charge in [0.05, 0.1) is 11.7 Å². The van der Waals surface area contributed by atoms with Crippen LogP contribution in [0, 0.1) is 57.0 Å². The minimum absolute atomic E-state index is 0.0708. The van der Waals surface area contributed by atoms with Crippen LogP contribution in [0.3, 0.4) is 0 Å². The molecule has 0 aromatic heterocycles. The highest BCUT2D eigenvalue weighted by Gasteiger charge is 2.67. The molecule has 0 bridgehead atoms. The monoisotopic (exact) mass is 461 g/mol. The van der Waals surface area contributed by atoms with Crippen LogP contribution in [-0.2, 0) is 0 Å². The van der Waals surface area contributed by atoms with Crippen LogP contribution in [0.25, 0.3) is 0 Å². The molecule has 0 amide bonds. The zero-order valence-corrected chi connectivity index (χ0v) is 22.0. The highest BCUT2D eigenvalue weighted by molar-refractivity contribution is 8.04.